The van der Waals surface area contributed by atoms with Crippen molar-refractivity contribution in [1.29, 1.82) is 0 Å². The minimum absolute atomic E-state index is 0.151. The normalized spacial score (nSPS) is 13.5. The van der Waals surface area contributed by atoms with Crippen molar-refractivity contribution in [2.75, 3.05) is 6.61 Å². The molecule has 0 rings (SSSR count). The van der Waals surface area contributed by atoms with Crippen LogP contribution in [-0.4, -0.2) is 46.1 Å². The van der Waals surface area contributed by atoms with E-state index in [0.29, 0.717) is 12.8 Å². The first-order valence-corrected chi connectivity index (χ1v) is 27.1. The highest BCUT2D eigenvalue weighted by Gasteiger charge is 2.26. The summed E-state index contributed by atoms with van der Waals surface area (Å²) in [6.45, 7) is 4.20. The molecule has 0 saturated carbocycles. The Kier molecular flexibility index (Phi) is 49.5. The lowest BCUT2D eigenvalue weighted by molar-refractivity contribution is -0.124. The third-order valence-corrected chi connectivity index (χ3v) is 12.8. The number of nitrogens with one attached hydrogen (secondary N) is 1. The molecule has 5 nitrogen and oxygen atoms in total. The number of aliphatic hydroxyl groups is 3. The molecule has 0 aromatic heterocycles. The van der Waals surface area contributed by atoms with Crippen LogP contribution in [-0.2, 0) is 4.79 Å². The molecule has 0 heterocycles. The fourth-order valence-corrected chi connectivity index (χ4v) is 8.57. The lowest BCUT2D eigenvalue weighted by Crippen LogP contribution is -2.50. The van der Waals surface area contributed by atoms with Crippen molar-refractivity contribution in [3.05, 3.63) is 24.3 Å². The first-order chi connectivity index (χ1) is 29.6. The maximum absolute atomic E-state index is 12.5. The van der Waals surface area contributed by atoms with Gasteiger partial charge in [-0.2, -0.15) is 0 Å². The van der Waals surface area contributed by atoms with Crippen LogP contribution in [0.1, 0.15) is 296 Å². The predicted octanol–water partition coefficient (Wildman–Crippen LogP) is 16.5. The highest BCUT2D eigenvalue weighted by molar-refractivity contribution is 5.76. The zero-order valence-electron chi connectivity index (χ0n) is 40.6. The molecule has 0 aromatic carbocycles. The van der Waals surface area contributed by atoms with E-state index in [2.05, 4.69) is 43.5 Å². The van der Waals surface area contributed by atoms with Gasteiger partial charge in [-0.05, 0) is 64.2 Å². The van der Waals surface area contributed by atoms with Gasteiger partial charge in [-0.1, -0.05) is 250 Å². The fourth-order valence-electron chi connectivity index (χ4n) is 8.57. The second-order valence-corrected chi connectivity index (χ2v) is 18.8. The Bertz CT molecular complexity index is 890. The molecule has 0 aliphatic rings. The molecule has 1 amide bonds. The average Bonchev–Trinajstić information content (AvgIpc) is 3.25. The summed E-state index contributed by atoms with van der Waals surface area (Å²) in [5.41, 5.74) is 0. The molecule has 5 heteroatoms. The van der Waals surface area contributed by atoms with Gasteiger partial charge in [0.2, 0.25) is 5.91 Å². The molecule has 0 radical (unpaired) electrons. The molecular formula is C55H107NO4. The van der Waals surface area contributed by atoms with Crippen molar-refractivity contribution in [1.82, 2.24) is 5.32 Å². The van der Waals surface area contributed by atoms with Gasteiger partial charge in [0.15, 0.2) is 0 Å². The van der Waals surface area contributed by atoms with Crippen molar-refractivity contribution in [3.8, 4) is 0 Å². The molecule has 0 aliphatic carbocycles. The molecule has 0 aromatic rings. The Morgan fingerprint density at radius 1 is 0.400 bits per heavy atom. The summed E-state index contributed by atoms with van der Waals surface area (Å²) in [6.07, 6.45) is 63.3. The van der Waals surface area contributed by atoms with Crippen LogP contribution < -0.4 is 5.32 Å². The number of carbonyl (C=O) groups excluding carboxylic acids is 1. The number of rotatable bonds is 50. The highest BCUT2D eigenvalue weighted by atomic mass is 16.3. The lowest BCUT2D eigenvalue weighted by atomic mass is 10.0. The summed E-state index contributed by atoms with van der Waals surface area (Å²) in [7, 11) is 0. The van der Waals surface area contributed by atoms with Gasteiger partial charge in [0.1, 0.15) is 6.10 Å². The molecular weight excluding hydrogens is 739 g/mol. The second-order valence-electron chi connectivity index (χ2n) is 18.8. The molecule has 0 aliphatic heterocycles. The molecule has 0 spiro atoms. The third kappa shape index (κ3) is 44.9. The Labute approximate surface area is 375 Å². The summed E-state index contributed by atoms with van der Waals surface area (Å²) < 4.78 is 0. The van der Waals surface area contributed by atoms with Crippen LogP contribution in [0.4, 0.5) is 0 Å². The first-order valence-electron chi connectivity index (χ1n) is 27.1. The standard InChI is InChI=1S/C55H107NO4/c1-3-5-7-9-11-13-15-17-19-21-23-24-25-26-27-28-29-30-32-34-36-38-40-42-44-46-48-50-54(59)56-52(51-57)55(60)53(58)49-47-45-43-41-39-37-35-33-31-22-20-18-16-14-12-10-8-6-4-2/h26-27,41,43,52-53,55,57-58,60H,3-25,28-40,42,44-51H2,1-2H3,(H,56,59)/b27-26-,43-41+. The van der Waals surface area contributed by atoms with E-state index in [-0.39, 0.29) is 12.5 Å². The van der Waals surface area contributed by atoms with Crippen molar-refractivity contribution in [2.24, 2.45) is 0 Å². The fraction of sp³-hybridized carbons (Fsp3) is 0.909. The highest BCUT2D eigenvalue weighted by Crippen LogP contribution is 2.17. The molecule has 356 valence electrons. The number of allylic oxidation sites excluding steroid dienone is 4. The van der Waals surface area contributed by atoms with Crippen LogP contribution in [0.5, 0.6) is 0 Å². The van der Waals surface area contributed by atoms with E-state index in [9.17, 15) is 20.1 Å². The third-order valence-electron chi connectivity index (χ3n) is 12.8. The van der Waals surface area contributed by atoms with Crippen LogP contribution in [0.25, 0.3) is 0 Å². The molecule has 3 unspecified atom stereocenters. The second kappa shape index (κ2) is 50.5. The Morgan fingerprint density at radius 3 is 0.967 bits per heavy atom. The Balaban J connectivity index is 3.56. The largest absolute Gasteiger partial charge is 0.394 e. The van der Waals surface area contributed by atoms with Crippen molar-refractivity contribution < 1.29 is 20.1 Å². The van der Waals surface area contributed by atoms with E-state index in [0.717, 1.165) is 38.5 Å². The van der Waals surface area contributed by atoms with Gasteiger partial charge in [0.25, 0.3) is 0 Å². The molecule has 0 fully saturated rings. The average molecular weight is 846 g/mol. The van der Waals surface area contributed by atoms with Crippen molar-refractivity contribution >= 4 is 5.91 Å². The molecule has 60 heavy (non-hydrogen) atoms. The molecule has 0 bridgehead atoms. The van der Waals surface area contributed by atoms with Gasteiger partial charge in [-0.15, -0.1) is 0 Å². The van der Waals surface area contributed by atoms with Gasteiger partial charge in [-0.3, -0.25) is 4.79 Å². The molecule has 3 atom stereocenters. The van der Waals surface area contributed by atoms with Crippen LogP contribution in [0, 0.1) is 0 Å². The SMILES string of the molecule is CCCCCCCCCCCCCC/C=C\CCCCCCCCCCCCCC(=O)NC(CO)C(O)C(O)CCC/C=C/CCCCCCCCCCCCCCCC. The maximum Gasteiger partial charge on any atom is 0.220 e. The maximum atomic E-state index is 12.5. The van der Waals surface area contributed by atoms with Gasteiger partial charge < -0.3 is 20.6 Å². The smallest absolute Gasteiger partial charge is 0.220 e. The molecule has 4 N–H and O–H groups in total. The number of hydrogen-bond acceptors (Lipinski definition) is 4. The molecule has 0 saturated heterocycles. The van der Waals surface area contributed by atoms with Crippen LogP contribution in [0.3, 0.4) is 0 Å². The van der Waals surface area contributed by atoms with E-state index in [4.69, 9.17) is 0 Å². The van der Waals surface area contributed by atoms with Gasteiger partial charge in [0.05, 0.1) is 18.8 Å². The number of carbonyl (C=O) groups is 1. The summed E-state index contributed by atoms with van der Waals surface area (Å²) in [4.78, 5) is 12.5. The number of aliphatic hydroxyl groups excluding tert-OH is 3. The van der Waals surface area contributed by atoms with E-state index >= 15 is 0 Å². The van der Waals surface area contributed by atoms with E-state index in [1.807, 2.05) is 0 Å². The minimum Gasteiger partial charge on any atom is -0.394 e. The topological polar surface area (TPSA) is 89.8 Å². The Hall–Kier alpha value is -1.17. The van der Waals surface area contributed by atoms with Crippen molar-refractivity contribution in [3.63, 3.8) is 0 Å². The van der Waals surface area contributed by atoms with E-state index in [1.165, 1.54) is 231 Å². The summed E-state index contributed by atoms with van der Waals surface area (Å²) in [5, 5.41) is 33.7. The van der Waals surface area contributed by atoms with Gasteiger partial charge >= 0.3 is 0 Å². The predicted molar refractivity (Wildman–Crippen MR) is 264 cm³/mol. The van der Waals surface area contributed by atoms with Crippen molar-refractivity contribution in [2.45, 2.75) is 315 Å². The minimum atomic E-state index is -1.16. The summed E-state index contributed by atoms with van der Waals surface area (Å²) in [6, 6.07) is -0.825. The monoisotopic (exact) mass is 846 g/mol. The Morgan fingerprint density at radius 2 is 0.667 bits per heavy atom. The van der Waals surface area contributed by atoms with Crippen LogP contribution in [0.2, 0.25) is 0 Å². The van der Waals surface area contributed by atoms with Gasteiger partial charge in [0, 0.05) is 6.42 Å². The zero-order valence-corrected chi connectivity index (χ0v) is 40.6. The van der Waals surface area contributed by atoms with Crippen LogP contribution >= 0.6 is 0 Å². The van der Waals surface area contributed by atoms with E-state index in [1.54, 1.807) is 0 Å². The number of unbranched alkanes of at least 4 members (excludes halogenated alkanes) is 38. The summed E-state index contributed by atoms with van der Waals surface area (Å²) >= 11 is 0. The van der Waals surface area contributed by atoms with Crippen LogP contribution in [0.15, 0.2) is 24.3 Å². The van der Waals surface area contributed by atoms with E-state index < -0.39 is 18.2 Å². The zero-order chi connectivity index (χ0) is 43.7. The lowest BCUT2D eigenvalue weighted by Gasteiger charge is -2.26. The number of hydrogen-bond donors (Lipinski definition) is 4. The number of amides is 1. The first kappa shape index (κ1) is 58.8. The summed E-state index contributed by atoms with van der Waals surface area (Å²) in [5.74, 6) is -0.151. The van der Waals surface area contributed by atoms with Gasteiger partial charge in [-0.25, -0.2) is 0 Å². The quantitative estimate of drug-likeness (QED) is 0.0363.